The van der Waals surface area contributed by atoms with Crippen LogP contribution >= 0.6 is 0 Å². The van der Waals surface area contributed by atoms with Crippen LogP contribution in [0.4, 0.5) is 4.79 Å². The summed E-state index contributed by atoms with van der Waals surface area (Å²) in [6, 6.07) is 4.15. The molecule has 24 heavy (non-hydrogen) atoms. The molecule has 2 aliphatic heterocycles. The van der Waals surface area contributed by atoms with Crippen LogP contribution in [0.15, 0.2) is 24.5 Å². The van der Waals surface area contributed by atoms with Crippen LogP contribution in [0.25, 0.3) is 0 Å². The number of pyridine rings is 1. The second-order valence-corrected chi connectivity index (χ2v) is 6.30. The Morgan fingerprint density at radius 3 is 2.46 bits per heavy atom. The average Bonchev–Trinajstić information content (AvgIpc) is 2.64. The minimum atomic E-state index is 0.0619. The quantitative estimate of drug-likeness (QED) is 0.836. The van der Waals surface area contributed by atoms with Crippen LogP contribution < -0.4 is 5.32 Å². The van der Waals surface area contributed by atoms with Crippen LogP contribution in [-0.4, -0.2) is 91.3 Å². The van der Waals surface area contributed by atoms with Crippen LogP contribution in [-0.2, 0) is 11.3 Å². The number of urea groups is 1. The molecule has 0 radical (unpaired) electrons. The third-order valence-electron chi connectivity index (χ3n) is 4.62. The highest BCUT2D eigenvalue weighted by Gasteiger charge is 2.21. The number of hydrogen-bond donors (Lipinski definition) is 1. The lowest BCUT2D eigenvalue weighted by Crippen LogP contribution is -2.52. The smallest absolute Gasteiger partial charge is 0.317 e. The van der Waals surface area contributed by atoms with E-state index in [9.17, 15) is 4.79 Å². The van der Waals surface area contributed by atoms with E-state index in [1.165, 1.54) is 5.56 Å². The van der Waals surface area contributed by atoms with E-state index in [0.717, 1.165) is 65.6 Å². The molecule has 2 saturated heterocycles. The number of nitrogens with zero attached hydrogens (tertiary/aromatic N) is 4. The number of amides is 2. The fourth-order valence-corrected chi connectivity index (χ4v) is 3.11. The largest absolute Gasteiger partial charge is 0.379 e. The van der Waals surface area contributed by atoms with Gasteiger partial charge in [0.2, 0.25) is 0 Å². The van der Waals surface area contributed by atoms with Gasteiger partial charge in [-0.05, 0) is 17.7 Å². The van der Waals surface area contributed by atoms with E-state index < -0.39 is 0 Å². The highest BCUT2D eigenvalue weighted by molar-refractivity contribution is 5.74. The van der Waals surface area contributed by atoms with Gasteiger partial charge in [-0.15, -0.1) is 0 Å². The summed E-state index contributed by atoms with van der Waals surface area (Å²) in [4.78, 5) is 22.9. The van der Waals surface area contributed by atoms with Gasteiger partial charge in [0.15, 0.2) is 0 Å². The monoisotopic (exact) mass is 333 g/mol. The Morgan fingerprint density at radius 1 is 1.04 bits per heavy atom. The summed E-state index contributed by atoms with van der Waals surface area (Å²) in [6.07, 6.45) is 3.65. The lowest BCUT2D eigenvalue weighted by Gasteiger charge is -2.35. The lowest BCUT2D eigenvalue weighted by atomic mass is 10.2. The Bertz CT molecular complexity index is 499. The second kappa shape index (κ2) is 8.96. The number of rotatable bonds is 5. The second-order valence-electron chi connectivity index (χ2n) is 6.30. The summed E-state index contributed by atoms with van der Waals surface area (Å²) in [6.45, 7) is 9.46. The van der Waals surface area contributed by atoms with Crippen molar-refractivity contribution in [3.63, 3.8) is 0 Å². The number of morpholine rings is 1. The van der Waals surface area contributed by atoms with Crippen molar-refractivity contribution >= 4 is 6.03 Å². The van der Waals surface area contributed by atoms with E-state index in [4.69, 9.17) is 4.74 Å². The summed E-state index contributed by atoms with van der Waals surface area (Å²) >= 11 is 0. The van der Waals surface area contributed by atoms with E-state index >= 15 is 0 Å². The van der Waals surface area contributed by atoms with Crippen LogP contribution in [0.2, 0.25) is 0 Å². The molecule has 2 amide bonds. The Balaban J connectivity index is 1.32. The molecule has 3 rings (SSSR count). The van der Waals surface area contributed by atoms with Gasteiger partial charge >= 0.3 is 6.03 Å². The lowest BCUT2D eigenvalue weighted by molar-refractivity contribution is 0.0385. The van der Waals surface area contributed by atoms with Crippen molar-refractivity contribution in [2.75, 3.05) is 65.6 Å². The molecule has 1 aromatic rings. The number of carbonyl (C=O) groups excluding carboxylic acids is 1. The average molecular weight is 333 g/mol. The maximum Gasteiger partial charge on any atom is 0.317 e. The molecule has 0 spiro atoms. The van der Waals surface area contributed by atoms with Gasteiger partial charge in [-0.3, -0.25) is 14.8 Å². The zero-order chi connectivity index (χ0) is 16.6. The molecule has 2 fully saturated rings. The number of nitrogens with one attached hydrogen (secondary N) is 1. The summed E-state index contributed by atoms with van der Waals surface area (Å²) in [5.74, 6) is 0. The standard InChI is InChI=1S/C17H27N5O2/c23-17(19-5-6-20-11-13-24-14-12-20)22-9-7-21(8-10-22)15-16-1-3-18-4-2-16/h1-4H,5-15H2,(H,19,23). The Morgan fingerprint density at radius 2 is 1.75 bits per heavy atom. The highest BCUT2D eigenvalue weighted by atomic mass is 16.5. The highest BCUT2D eigenvalue weighted by Crippen LogP contribution is 2.07. The third kappa shape index (κ3) is 5.15. The van der Waals surface area contributed by atoms with Gasteiger partial charge in [-0.1, -0.05) is 0 Å². The van der Waals surface area contributed by atoms with Crippen molar-refractivity contribution in [2.45, 2.75) is 6.54 Å². The van der Waals surface area contributed by atoms with E-state index in [2.05, 4.69) is 20.1 Å². The van der Waals surface area contributed by atoms with Crippen molar-refractivity contribution in [3.05, 3.63) is 30.1 Å². The first-order chi connectivity index (χ1) is 11.8. The number of carbonyl (C=O) groups is 1. The molecular weight excluding hydrogens is 306 g/mol. The van der Waals surface area contributed by atoms with Gasteiger partial charge < -0.3 is 15.0 Å². The first-order valence-corrected chi connectivity index (χ1v) is 8.75. The van der Waals surface area contributed by atoms with Crippen LogP contribution in [0, 0.1) is 0 Å². The topological polar surface area (TPSA) is 60.9 Å². The predicted molar refractivity (Wildman–Crippen MR) is 91.7 cm³/mol. The van der Waals surface area contributed by atoms with Crippen LogP contribution in [0.1, 0.15) is 5.56 Å². The maximum absolute atomic E-state index is 12.2. The van der Waals surface area contributed by atoms with Gasteiger partial charge in [0, 0.05) is 71.3 Å². The van der Waals surface area contributed by atoms with E-state index in [1.807, 2.05) is 29.4 Å². The summed E-state index contributed by atoms with van der Waals surface area (Å²) < 4.78 is 5.33. The number of aromatic nitrogens is 1. The zero-order valence-electron chi connectivity index (χ0n) is 14.2. The first-order valence-electron chi connectivity index (χ1n) is 8.75. The molecule has 1 aromatic heterocycles. The SMILES string of the molecule is O=C(NCCN1CCOCC1)N1CCN(Cc2ccncc2)CC1. The van der Waals surface area contributed by atoms with Gasteiger partial charge in [0.25, 0.3) is 0 Å². The van der Waals surface area contributed by atoms with E-state index in [0.29, 0.717) is 6.54 Å². The minimum Gasteiger partial charge on any atom is -0.379 e. The molecule has 0 saturated carbocycles. The third-order valence-corrected chi connectivity index (χ3v) is 4.62. The summed E-state index contributed by atoms with van der Waals surface area (Å²) in [5, 5.41) is 3.04. The molecule has 3 heterocycles. The van der Waals surface area contributed by atoms with E-state index in [1.54, 1.807) is 0 Å². The molecule has 7 nitrogen and oxygen atoms in total. The van der Waals surface area contributed by atoms with Crippen molar-refractivity contribution in [1.82, 2.24) is 25.0 Å². The minimum absolute atomic E-state index is 0.0619. The van der Waals surface area contributed by atoms with Crippen molar-refractivity contribution in [3.8, 4) is 0 Å². The Kier molecular flexibility index (Phi) is 6.40. The van der Waals surface area contributed by atoms with Crippen molar-refractivity contribution in [2.24, 2.45) is 0 Å². The van der Waals surface area contributed by atoms with Gasteiger partial charge in [-0.2, -0.15) is 0 Å². The van der Waals surface area contributed by atoms with Gasteiger partial charge in [-0.25, -0.2) is 4.79 Å². The normalized spacial score (nSPS) is 20.1. The van der Waals surface area contributed by atoms with Crippen molar-refractivity contribution in [1.29, 1.82) is 0 Å². The van der Waals surface area contributed by atoms with Gasteiger partial charge in [0.1, 0.15) is 0 Å². The molecule has 0 bridgehead atoms. The summed E-state index contributed by atoms with van der Waals surface area (Å²) in [7, 11) is 0. The molecule has 0 aromatic carbocycles. The van der Waals surface area contributed by atoms with Crippen LogP contribution in [0.3, 0.4) is 0 Å². The molecule has 132 valence electrons. The molecule has 7 heteroatoms. The fraction of sp³-hybridized carbons (Fsp3) is 0.647. The van der Waals surface area contributed by atoms with Crippen LogP contribution in [0.5, 0.6) is 0 Å². The molecule has 0 atom stereocenters. The van der Waals surface area contributed by atoms with Gasteiger partial charge in [0.05, 0.1) is 13.2 Å². The molecule has 0 aliphatic carbocycles. The van der Waals surface area contributed by atoms with E-state index in [-0.39, 0.29) is 6.03 Å². The molecule has 0 unspecified atom stereocenters. The molecule has 1 N–H and O–H groups in total. The number of piperazine rings is 1. The van der Waals surface area contributed by atoms with Crippen molar-refractivity contribution < 1.29 is 9.53 Å². The Labute approximate surface area is 143 Å². The molecule has 2 aliphatic rings. The molecular formula is C17H27N5O2. The zero-order valence-corrected chi connectivity index (χ0v) is 14.2. The number of hydrogen-bond acceptors (Lipinski definition) is 5. The maximum atomic E-state index is 12.2. The first kappa shape index (κ1) is 17.1. The fourth-order valence-electron chi connectivity index (χ4n) is 3.11. The summed E-state index contributed by atoms with van der Waals surface area (Å²) in [5.41, 5.74) is 1.27. The predicted octanol–water partition coefficient (Wildman–Crippen LogP) is 0.241. The Hall–Kier alpha value is -1.70. The number of ether oxygens (including phenoxy) is 1.